The number of benzene rings is 3. The molecule has 0 unspecified atom stereocenters. The summed E-state index contributed by atoms with van der Waals surface area (Å²) in [7, 11) is -7.02. The summed E-state index contributed by atoms with van der Waals surface area (Å²) in [6.45, 7) is 0. The van der Waals surface area contributed by atoms with E-state index in [0.29, 0.717) is 17.2 Å². The van der Waals surface area contributed by atoms with Crippen molar-refractivity contribution in [1.82, 2.24) is 0 Å². The van der Waals surface area contributed by atoms with Gasteiger partial charge in [-0.15, -0.1) is 0 Å². The van der Waals surface area contributed by atoms with Gasteiger partial charge in [-0.25, -0.2) is 0 Å². The molecule has 0 fully saturated rings. The quantitative estimate of drug-likeness (QED) is 0.501. The summed E-state index contributed by atoms with van der Waals surface area (Å²) in [6.07, 6.45) is 0. The standard InChI is InChI=1S/C18H15O4P.H6N3OP/c19-23(20-16-10-4-1-5-11-16,21-17-12-6-2-7-13-17)22-18-14-8-3-9-15-18;1-5(2,3)4/h1-15H;(H6,1,2,3,4). The smallest absolute Gasteiger partial charge is 0.386 e. The number of hydrogen-bond acceptors (Lipinski definition) is 5. The zero-order chi connectivity index (χ0) is 20.5. The molecule has 0 spiro atoms. The molecule has 0 aromatic heterocycles. The molecule has 0 aliphatic carbocycles. The van der Waals surface area contributed by atoms with Gasteiger partial charge in [0.2, 0.25) is 0 Å². The number of rotatable bonds is 6. The summed E-state index contributed by atoms with van der Waals surface area (Å²) in [4.78, 5) is 0. The maximum absolute atomic E-state index is 13.1. The number of phosphoric acid groups is 1. The Hall–Kier alpha value is -2.60. The van der Waals surface area contributed by atoms with E-state index in [9.17, 15) is 9.13 Å². The van der Waals surface area contributed by atoms with Gasteiger partial charge in [-0.1, -0.05) is 54.6 Å². The summed E-state index contributed by atoms with van der Waals surface area (Å²) < 4.78 is 39.2. The zero-order valence-electron chi connectivity index (χ0n) is 14.8. The van der Waals surface area contributed by atoms with Gasteiger partial charge in [-0.05, 0) is 36.4 Å². The lowest BCUT2D eigenvalue weighted by Crippen LogP contribution is -2.12. The minimum Gasteiger partial charge on any atom is -0.386 e. The Balaban J connectivity index is 0.000000500. The second kappa shape index (κ2) is 10.1. The minimum atomic E-state index is -3.89. The van der Waals surface area contributed by atoms with Crippen LogP contribution in [0.15, 0.2) is 91.0 Å². The summed E-state index contributed by atoms with van der Waals surface area (Å²) in [5.74, 6) is 1.22. The normalized spacial score (nSPS) is 11.0. The van der Waals surface area contributed by atoms with Gasteiger partial charge in [0.1, 0.15) is 17.2 Å². The maximum Gasteiger partial charge on any atom is 0.647 e. The molecule has 0 amide bonds. The highest BCUT2D eigenvalue weighted by Crippen LogP contribution is 2.49. The van der Waals surface area contributed by atoms with Gasteiger partial charge in [0, 0.05) is 0 Å². The van der Waals surface area contributed by atoms with E-state index in [4.69, 9.17) is 13.6 Å². The van der Waals surface area contributed by atoms with Crippen LogP contribution in [0.25, 0.3) is 0 Å². The lowest BCUT2D eigenvalue weighted by atomic mass is 10.3. The molecule has 3 rings (SSSR count). The second-order valence-electron chi connectivity index (χ2n) is 5.42. The van der Waals surface area contributed by atoms with Crippen molar-refractivity contribution in [3.05, 3.63) is 91.0 Å². The Bertz CT molecular complexity index is 821. The van der Waals surface area contributed by atoms with Crippen LogP contribution in [0.2, 0.25) is 0 Å². The molecule has 3 aromatic rings. The highest BCUT2D eigenvalue weighted by atomic mass is 31.2. The molecular formula is C18H21N3O5P2. The fraction of sp³-hybridized carbons (Fsp3) is 0. The first-order valence-electron chi connectivity index (χ1n) is 8.03. The van der Waals surface area contributed by atoms with Crippen molar-refractivity contribution in [3.63, 3.8) is 0 Å². The van der Waals surface area contributed by atoms with E-state index < -0.39 is 15.4 Å². The summed E-state index contributed by atoms with van der Waals surface area (Å²) in [5, 5.41) is 0. The van der Waals surface area contributed by atoms with E-state index in [-0.39, 0.29) is 0 Å². The van der Waals surface area contributed by atoms with Crippen molar-refractivity contribution >= 4 is 15.4 Å². The number of phosphoric ester groups is 1. The Morgan fingerprint density at radius 3 is 0.929 bits per heavy atom. The average molecular weight is 421 g/mol. The SMILES string of the molecule is NP(N)(N)=O.O=P(Oc1ccccc1)(Oc1ccccc1)Oc1ccccc1. The van der Waals surface area contributed by atoms with Gasteiger partial charge in [0.25, 0.3) is 7.59 Å². The molecule has 0 aliphatic heterocycles. The molecule has 0 heterocycles. The molecule has 0 radical (unpaired) electrons. The molecule has 3 aromatic carbocycles. The van der Waals surface area contributed by atoms with E-state index in [1.807, 2.05) is 18.2 Å². The van der Waals surface area contributed by atoms with E-state index in [2.05, 4.69) is 16.5 Å². The maximum atomic E-state index is 13.1. The lowest BCUT2D eigenvalue weighted by molar-refractivity contribution is 0.298. The first-order chi connectivity index (χ1) is 13.2. The van der Waals surface area contributed by atoms with Crippen LogP contribution in [0, 0.1) is 0 Å². The van der Waals surface area contributed by atoms with Crippen LogP contribution in [0.4, 0.5) is 0 Å². The van der Waals surface area contributed by atoms with Crippen LogP contribution in [0.1, 0.15) is 0 Å². The van der Waals surface area contributed by atoms with Gasteiger partial charge in [-0.2, -0.15) is 4.57 Å². The molecule has 0 bridgehead atoms. The number of para-hydroxylation sites is 3. The predicted molar refractivity (Wildman–Crippen MR) is 109 cm³/mol. The first kappa shape index (κ1) is 21.7. The fourth-order valence-electron chi connectivity index (χ4n) is 1.89. The van der Waals surface area contributed by atoms with Gasteiger partial charge in [0.15, 0.2) is 0 Å². The molecule has 6 N–H and O–H groups in total. The second-order valence-corrected chi connectivity index (χ2v) is 8.39. The van der Waals surface area contributed by atoms with Crippen molar-refractivity contribution in [3.8, 4) is 17.2 Å². The molecule has 10 heteroatoms. The minimum absolute atomic E-state index is 0.405. The summed E-state index contributed by atoms with van der Waals surface area (Å²) >= 11 is 0. The van der Waals surface area contributed by atoms with Crippen molar-refractivity contribution in [1.29, 1.82) is 0 Å². The summed E-state index contributed by atoms with van der Waals surface area (Å²) in [6, 6.07) is 26.4. The third-order valence-electron chi connectivity index (χ3n) is 2.88. The topological polar surface area (TPSA) is 140 Å². The van der Waals surface area contributed by atoms with Crippen LogP contribution in [-0.4, -0.2) is 0 Å². The number of nitrogens with two attached hydrogens (primary N) is 3. The monoisotopic (exact) mass is 421 g/mol. The average Bonchev–Trinajstić information content (AvgIpc) is 2.62. The molecule has 148 valence electrons. The van der Waals surface area contributed by atoms with Crippen LogP contribution in [-0.2, 0) is 9.13 Å². The molecule has 8 nitrogen and oxygen atoms in total. The lowest BCUT2D eigenvalue weighted by Gasteiger charge is -2.19. The Morgan fingerprint density at radius 1 is 0.500 bits per heavy atom. The van der Waals surface area contributed by atoms with Gasteiger partial charge < -0.3 is 13.6 Å². The highest BCUT2D eigenvalue weighted by Gasteiger charge is 2.33. The highest BCUT2D eigenvalue weighted by molar-refractivity contribution is 7.56. The molecule has 28 heavy (non-hydrogen) atoms. The van der Waals surface area contributed by atoms with Crippen LogP contribution >= 0.6 is 15.4 Å². The van der Waals surface area contributed by atoms with E-state index in [0.717, 1.165) is 0 Å². The Labute approximate surface area is 163 Å². The van der Waals surface area contributed by atoms with E-state index in [1.54, 1.807) is 72.8 Å². The zero-order valence-corrected chi connectivity index (χ0v) is 16.6. The molecule has 0 saturated carbocycles. The van der Waals surface area contributed by atoms with Gasteiger partial charge >= 0.3 is 7.82 Å². The molecule has 0 aliphatic rings. The van der Waals surface area contributed by atoms with Crippen molar-refractivity contribution < 1.29 is 22.7 Å². The van der Waals surface area contributed by atoms with Crippen molar-refractivity contribution in [2.24, 2.45) is 16.5 Å². The first-order valence-corrected chi connectivity index (χ1v) is 11.4. The predicted octanol–water partition coefficient (Wildman–Crippen LogP) is 4.30. The Kier molecular flexibility index (Phi) is 7.81. The van der Waals surface area contributed by atoms with Crippen molar-refractivity contribution in [2.45, 2.75) is 0 Å². The summed E-state index contributed by atoms with van der Waals surface area (Å²) in [5.41, 5.74) is 13.4. The number of hydrogen-bond donors (Lipinski definition) is 3. The fourth-order valence-corrected chi connectivity index (χ4v) is 3.14. The largest absolute Gasteiger partial charge is 0.647 e. The van der Waals surface area contributed by atoms with Gasteiger partial charge in [0.05, 0.1) is 0 Å². The van der Waals surface area contributed by atoms with Crippen LogP contribution < -0.4 is 30.1 Å². The third kappa shape index (κ3) is 8.86. The van der Waals surface area contributed by atoms with Crippen LogP contribution in [0.5, 0.6) is 17.2 Å². The third-order valence-corrected chi connectivity index (χ3v) is 4.18. The Morgan fingerprint density at radius 2 is 0.714 bits per heavy atom. The van der Waals surface area contributed by atoms with Crippen molar-refractivity contribution in [2.75, 3.05) is 0 Å². The van der Waals surface area contributed by atoms with Crippen LogP contribution in [0.3, 0.4) is 0 Å². The molecular weight excluding hydrogens is 400 g/mol. The van der Waals surface area contributed by atoms with E-state index >= 15 is 0 Å². The molecule has 0 saturated heterocycles. The van der Waals surface area contributed by atoms with Gasteiger partial charge in [-0.3, -0.25) is 21.1 Å². The molecule has 0 atom stereocenters. The van der Waals surface area contributed by atoms with E-state index in [1.165, 1.54) is 0 Å².